The van der Waals surface area contributed by atoms with Gasteiger partial charge in [0.15, 0.2) is 4.80 Å². The molecule has 0 atom stereocenters. The molecule has 0 aliphatic carbocycles. The molecule has 0 aliphatic rings. The van der Waals surface area contributed by atoms with E-state index in [1.54, 1.807) is 6.07 Å². The van der Waals surface area contributed by atoms with Gasteiger partial charge in [-0.2, -0.15) is 4.99 Å². The van der Waals surface area contributed by atoms with Crippen LogP contribution in [-0.4, -0.2) is 10.5 Å². The van der Waals surface area contributed by atoms with Gasteiger partial charge in [-0.25, -0.2) is 4.39 Å². The highest BCUT2D eigenvalue weighted by molar-refractivity contribution is 7.09. The summed E-state index contributed by atoms with van der Waals surface area (Å²) in [6.07, 6.45) is 0. The Morgan fingerprint density at radius 1 is 1.24 bits per heavy atom. The molecule has 6 heteroatoms. The molecule has 0 fully saturated rings. The molecule has 1 aromatic heterocycles. The minimum Gasteiger partial charge on any atom is -0.316 e. The standard InChI is InChI=1S/C19H16ClFN2OS/c1-3-23-17(13-7-9-15(20)10-8-13)12(2)25-19(23)22-18(24)14-5-4-6-16(21)11-14/h4-11H,3H2,1-2H3. The van der Waals surface area contributed by atoms with Gasteiger partial charge in [-0.1, -0.05) is 29.8 Å². The maximum Gasteiger partial charge on any atom is 0.279 e. The number of carbonyl (C=O) groups is 1. The molecule has 128 valence electrons. The Morgan fingerprint density at radius 3 is 2.60 bits per heavy atom. The molecule has 25 heavy (non-hydrogen) atoms. The van der Waals surface area contributed by atoms with E-state index in [-0.39, 0.29) is 5.56 Å². The Bertz CT molecular complexity index is 989. The first kappa shape index (κ1) is 17.6. The number of carbonyl (C=O) groups excluding carboxylic acids is 1. The lowest BCUT2D eigenvalue weighted by molar-refractivity contribution is 0.0997. The Labute approximate surface area is 154 Å². The molecule has 3 aromatic rings. The van der Waals surface area contributed by atoms with Crippen LogP contribution in [-0.2, 0) is 6.54 Å². The van der Waals surface area contributed by atoms with Crippen LogP contribution in [0.15, 0.2) is 53.5 Å². The zero-order chi connectivity index (χ0) is 18.0. The van der Waals surface area contributed by atoms with Crippen molar-refractivity contribution in [2.24, 2.45) is 4.99 Å². The number of halogens is 2. The maximum absolute atomic E-state index is 13.3. The summed E-state index contributed by atoms with van der Waals surface area (Å²) in [5.41, 5.74) is 2.26. The fourth-order valence-electron chi connectivity index (χ4n) is 2.64. The van der Waals surface area contributed by atoms with Crippen molar-refractivity contribution in [3.05, 3.63) is 74.6 Å². The lowest BCUT2D eigenvalue weighted by atomic mass is 10.1. The number of hydrogen-bond acceptors (Lipinski definition) is 2. The van der Waals surface area contributed by atoms with Gasteiger partial charge in [0.2, 0.25) is 0 Å². The van der Waals surface area contributed by atoms with Crippen LogP contribution >= 0.6 is 22.9 Å². The SMILES string of the molecule is CCn1c(-c2ccc(Cl)cc2)c(C)sc1=NC(=O)c1cccc(F)c1. The van der Waals surface area contributed by atoms with E-state index in [0.717, 1.165) is 16.1 Å². The molecule has 0 saturated heterocycles. The van der Waals surface area contributed by atoms with E-state index < -0.39 is 11.7 Å². The third-order valence-electron chi connectivity index (χ3n) is 3.78. The fourth-order valence-corrected chi connectivity index (χ4v) is 3.83. The predicted octanol–water partition coefficient (Wildman–Crippen LogP) is 5.08. The first-order valence-electron chi connectivity index (χ1n) is 7.80. The van der Waals surface area contributed by atoms with Crippen LogP contribution in [0.4, 0.5) is 4.39 Å². The largest absolute Gasteiger partial charge is 0.316 e. The van der Waals surface area contributed by atoms with E-state index in [4.69, 9.17) is 11.6 Å². The minimum absolute atomic E-state index is 0.238. The van der Waals surface area contributed by atoms with Gasteiger partial charge in [-0.3, -0.25) is 4.79 Å². The van der Waals surface area contributed by atoms with Gasteiger partial charge in [0, 0.05) is 22.0 Å². The van der Waals surface area contributed by atoms with Crippen molar-refractivity contribution in [1.29, 1.82) is 0 Å². The highest BCUT2D eigenvalue weighted by Gasteiger charge is 2.13. The average molecular weight is 375 g/mol. The second kappa shape index (κ2) is 7.33. The molecule has 3 nitrogen and oxygen atoms in total. The highest BCUT2D eigenvalue weighted by atomic mass is 35.5. The summed E-state index contributed by atoms with van der Waals surface area (Å²) in [5, 5.41) is 0.672. The maximum atomic E-state index is 13.3. The van der Waals surface area contributed by atoms with Crippen molar-refractivity contribution >= 4 is 28.8 Å². The van der Waals surface area contributed by atoms with Crippen LogP contribution in [0.1, 0.15) is 22.2 Å². The number of amides is 1. The van der Waals surface area contributed by atoms with E-state index >= 15 is 0 Å². The van der Waals surface area contributed by atoms with Gasteiger partial charge in [0.25, 0.3) is 5.91 Å². The average Bonchev–Trinajstić information content (AvgIpc) is 2.90. The zero-order valence-electron chi connectivity index (χ0n) is 13.8. The quantitative estimate of drug-likeness (QED) is 0.629. The van der Waals surface area contributed by atoms with Crippen LogP contribution in [0.3, 0.4) is 0 Å². The van der Waals surface area contributed by atoms with Gasteiger partial charge in [-0.15, -0.1) is 11.3 Å². The van der Waals surface area contributed by atoms with E-state index in [1.807, 2.05) is 42.7 Å². The molecule has 2 aromatic carbocycles. The van der Waals surface area contributed by atoms with E-state index in [2.05, 4.69) is 4.99 Å². The molecule has 0 aliphatic heterocycles. The van der Waals surface area contributed by atoms with Gasteiger partial charge in [0.05, 0.1) is 5.69 Å². The minimum atomic E-state index is -0.453. The topological polar surface area (TPSA) is 34.4 Å². The summed E-state index contributed by atoms with van der Waals surface area (Å²) < 4.78 is 15.3. The fraction of sp³-hybridized carbons (Fsp3) is 0.158. The second-order valence-corrected chi connectivity index (χ2v) is 7.09. The first-order chi connectivity index (χ1) is 12.0. The summed E-state index contributed by atoms with van der Waals surface area (Å²) in [7, 11) is 0. The van der Waals surface area contributed by atoms with Gasteiger partial charge in [-0.05, 0) is 49.7 Å². The molecule has 0 radical (unpaired) electrons. The third-order valence-corrected chi connectivity index (χ3v) is 5.03. The molecule has 0 spiro atoms. The predicted molar refractivity (Wildman–Crippen MR) is 99.5 cm³/mol. The van der Waals surface area contributed by atoms with Crippen LogP contribution in [0, 0.1) is 12.7 Å². The molecular weight excluding hydrogens is 359 g/mol. The normalized spacial score (nSPS) is 11.8. The van der Waals surface area contributed by atoms with Crippen LogP contribution in [0.25, 0.3) is 11.3 Å². The van der Waals surface area contributed by atoms with Gasteiger partial charge < -0.3 is 4.57 Å². The zero-order valence-corrected chi connectivity index (χ0v) is 15.4. The van der Waals surface area contributed by atoms with Crippen molar-refractivity contribution < 1.29 is 9.18 Å². The van der Waals surface area contributed by atoms with Gasteiger partial charge in [0.1, 0.15) is 5.82 Å². The monoisotopic (exact) mass is 374 g/mol. The van der Waals surface area contributed by atoms with Crippen molar-refractivity contribution in [3.8, 4) is 11.3 Å². The van der Waals surface area contributed by atoms with E-state index in [0.29, 0.717) is 16.4 Å². The number of benzene rings is 2. The Morgan fingerprint density at radius 2 is 1.96 bits per heavy atom. The van der Waals surface area contributed by atoms with Crippen molar-refractivity contribution in [2.45, 2.75) is 20.4 Å². The molecule has 1 amide bonds. The molecule has 1 heterocycles. The summed E-state index contributed by atoms with van der Waals surface area (Å²) in [5.74, 6) is -0.903. The molecule has 0 saturated carbocycles. The molecule has 0 N–H and O–H groups in total. The molecule has 0 unspecified atom stereocenters. The summed E-state index contributed by atoms with van der Waals surface area (Å²) >= 11 is 7.41. The number of nitrogens with zero attached hydrogens (tertiary/aromatic N) is 2. The Kier molecular flexibility index (Phi) is 5.16. The van der Waals surface area contributed by atoms with E-state index in [1.165, 1.54) is 29.5 Å². The smallest absolute Gasteiger partial charge is 0.279 e. The molecular formula is C19H16ClFN2OS. The molecule has 0 bridgehead atoms. The van der Waals surface area contributed by atoms with Gasteiger partial charge >= 0.3 is 0 Å². The summed E-state index contributed by atoms with van der Waals surface area (Å²) in [6.45, 7) is 4.65. The van der Waals surface area contributed by atoms with Crippen LogP contribution in [0.5, 0.6) is 0 Å². The molecule has 3 rings (SSSR count). The summed E-state index contributed by atoms with van der Waals surface area (Å²) in [4.78, 5) is 18.2. The number of aryl methyl sites for hydroxylation is 1. The first-order valence-corrected chi connectivity index (χ1v) is 9.00. The van der Waals surface area contributed by atoms with Crippen molar-refractivity contribution in [3.63, 3.8) is 0 Å². The van der Waals surface area contributed by atoms with Crippen LogP contribution in [0.2, 0.25) is 5.02 Å². The third kappa shape index (κ3) is 3.72. The number of aromatic nitrogens is 1. The lowest BCUT2D eigenvalue weighted by Gasteiger charge is -2.07. The second-order valence-electron chi connectivity index (χ2n) is 5.47. The Balaban J connectivity index is 2.10. The van der Waals surface area contributed by atoms with Crippen molar-refractivity contribution in [1.82, 2.24) is 4.57 Å². The lowest BCUT2D eigenvalue weighted by Crippen LogP contribution is -2.17. The Hall–Kier alpha value is -2.24. The summed E-state index contributed by atoms with van der Waals surface area (Å²) in [6, 6.07) is 13.1. The van der Waals surface area contributed by atoms with E-state index in [9.17, 15) is 9.18 Å². The van der Waals surface area contributed by atoms with Crippen molar-refractivity contribution in [2.75, 3.05) is 0 Å². The number of thiazole rings is 1. The van der Waals surface area contributed by atoms with Crippen LogP contribution < -0.4 is 4.80 Å². The number of rotatable bonds is 3. The highest BCUT2D eigenvalue weighted by Crippen LogP contribution is 2.26. The number of hydrogen-bond donors (Lipinski definition) is 0.